The van der Waals surface area contributed by atoms with E-state index in [1.54, 1.807) is 30.3 Å². The summed E-state index contributed by atoms with van der Waals surface area (Å²) in [5, 5.41) is 12.7. The number of halogens is 4. The number of ether oxygens (including phenoxy) is 1. The summed E-state index contributed by atoms with van der Waals surface area (Å²) in [6.07, 6.45) is 3.83. The van der Waals surface area contributed by atoms with E-state index in [1.807, 2.05) is 36.4 Å². The Bertz CT molecular complexity index is 1300. The molecular weight excluding hydrogens is 650 g/mol. The van der Waals surface area contributed by atoms with E-state index >= 15 is 0 Å². The Labute approximate surface area is 230 Å². The van der Waals surface area contributed by atoms with E-state index in [0.29, 0.717) is 39.5 Å². The summed E-state index contributed by atoms with van der Waals surface area (Å²) in [6, 6.07) is 18.6. The van der Waals surface area contributed by atoms with Crippen LogP contribution in [0.5, 0.6) is 5.75 Å². The molecule has 0 saturated heterocycles. The van der Waals surface area contributed by atoms with E-state index in [2.05, 4.69) is 50.4 Å². The molecule has 3 rings (SSSR count). The van der Waals surface area contributed by atoms with Gasteiger partial charge in [-0.15, -0.1) is 6.58 Å². The first kappa shape index (κ1) is 26.3. The fourth-order valence-corrected chi connectivity index (χ4v) is 4.41. The number of nitrogens with one attached hydrogen (secondary N) is 1. The van der Waals surface area contributed by atoms with Crippen molar-refractivity contribution in [3.05, 3.63) is 108 Å². The molecule has 0 aliphatic rings. The minimum Gasteiger partial charge on any atom is -0.487 e. The van der Waals surface area contributed by atoms with Crippen molar-refractivity contribution >= 4 is 79.4 Å². The predicted octanol–water partition coefficient (Wildman–Crippen LogP) is 8.21. The van der Waals surface area contributed by atoms with Crippen molar-refractivity contribution in [1.82, 2.24) is 0 Å². The van der Waals surface area contributed by atoms with Gasteiger partial charge < -0.3 is 10.1 Å². The Hall–Kier alpha value is -2.31. The number of benzene rings is 3. The van der Waals surface area contributed by atoms with Gasteiger partial charge in [-0.25, -0.2) is 0 Å². The van der Waals surface area contributed by atoms with Crippen LogP contribution in [0.4, 0.5) is 5.69 Å². The normalized spacial score (nSPS) is 11.0. The minimum atomic E-state index is -0.591. The lowest BCUT2D eigenvalue weighted by Crippen LogP contribution is -2.13. The molecule has 0 aliphatic carbocycles. The lowest BCUT2D eigenvalue weighted by atomic mass is 10.0. The topological polar surface area (TPSA) is 62.1 Å². The first-order chi connectivity index (χ1) is 16.3. The third-order valence-electron chi connectivity index (χ3n) is 4.68. The van der Waals surface area contributed by atoms with E-state index in [0.717, 1.165) is 14.7 Å². The number of nitrogens with zero attached hydrogens (tertiary/aromatic N) is 1. The van der Waals surface area contributed by atoms with Crippen molar-refractivity contribution in [2.45, 2.75) is 13.0 Å². The third-order valence-corrected chi connectivity index (χ3v) is 6.81. The van der Waals surface area contributed by atoms with Gasteiger partial charge in [0.25, 0.3) is 5.91 Å². The molecule has 0 unspecified atom stereocenters. The first-order valence-corrected chi connectivity index (χ1v) is 12.6. The van der Waals surface area contributed by atoms with E-state index < -0.39 is 5.91 Å². The van der Waals surface area contributed by atoms with Crippen molar-refractivity contribution in [2.75, 3.05) is 5.32 Å². The Morgan fingerprint density at radius 3 is 2.62 bits per heavy atom. The van der Waals surface area contributed by atoms with Gasteiger partial charge in [0.2, 0.25) is 0 Å². The Morgan fingerprint density at radius 2 is 1.94 bits per heavy atom. The van der Waals surface area contributed by atoms with Gasteiger partial charge in [-0.3, -0.25) is 4.79 Å². The van der Waals surface area contributed by atoms with Crippen molar-refractivity contribution in [1.29, 1.82) is 5.26 Å². The molecule has 0 spiro atoms. The second-order valence-corrected chi connectivity index (χ2v) is 10.0. The Morgan fingerprint density at radius 1 is 1.21 bits per heavy atom. The molecule has 1 amide bonds. The van der Waals surface area contributed by atoms with Crippen LogP contribution in [0.1, 0.15) is 16.7 Å². The van der Waals surface area contributed by atoms with Gasteiger partial charge in [-0.2, -0.15) is 5.26 Å². The molecule has 4 nitrogen and oxygen atoms in total. The lowest BCUT2D eigenvalue weighted by Gasteiger charge is -2.14. The maximum absolute atomic E-state index is 12.7. The largest absolute Gasteiger partial charge is 0.487 e. The van der Waals surface area contributed by atoms with Crippen LogP contribution in [0, 0.1) is 14.9 Å². The van der Waals surface area contributed by atoms with Crippen molar-refractivity contribution in [3.63, 3.8) is 0 Å². The number of hydrogen-bond acceptors (Lipinski definition) is 3. The maximum atomic E-state index is 12.7. The molecule has 0 atom stereocenters. The fraction of sp³-hybridized carbons (Fsp3) is 0.0769. The van der Waals surface area contributed by atoms with Crippen LogP contribution >= 0.6 is 61.7 Å². The average molecular weight is 668 g/mol. The summed E-state index contributed by atoms with van der Waals surface area (Å²) in [5.74, 6) is 0.0939. The fourth-order valence-electron chi connectivity index (χ4n) is 3.07. The van der Waals surface area contributed by atoms with Gasteiger partial charge in [-0.05, 0) is 104 Å². The summed E-state index contributed by atoms with van der Waals surface area (Å²) < 4.78 is 7.96. The van der Waals surface area contributed by atoms with Gasteiger partial charge >= 0.3 is 0 Å². The average Bonchev–Trinajstić information content (AvgIpc) is 2.81. The molecule has 3 aromatic rings. The van der Waals surface area contributed by atoms with E-state index in [-0.39, 0.29) is 10.6 Å². The van der Waals surface area contributed by atoms with Crippen LogP contribution in [0.15, 0.2) is 77.3 Å². The van der Waals surface area contributed by atoms with E-state index in [4.69, 9.17) is 27.9 Å². The number of hydrogen-bond donors (Lipinski definition) is 1. The smallest absolute Gasteiger partial charge is 0.266 e. The van der Waals surface area contributed by atoms with Crippen LogP contribution in [-0.2, 0) is 17.8 Å². The quantitative estimate of drug-likeness (QED) is 0.114. The number of amides is 1. The van der Waals surface area contributed by atoms with Gasteiger partial charge in [0.15, 0.2) is 0 Å². The highest BCUT2D eigenvalue weighted by atomic mass is 127. The zero-order chi connectivity index (χ0) is 24.7. The number of carbonyl (C=O) groups excluding carboxylic acids is 1. The maximum Gasteiger partial charge on any atom is 0.266 e. The predicted molar refractivity (Wildman–Crippen MR) is 150 cm³/mol. The molecule has 172 valence electrons. The molecular formula is C26H18BrCl2IN2O2. The second kappa shape index (κ2) is 12.4. The summed E-state index contributed by atoms with van der Waals surface area (Å²) in [7, 11) is 0. The van der Waals surface area contributed by atoms with Gasteiger partial charge in [0.1, 0.15) is 24.0 Å². The van der Waals surface area contributed by atoms with Gasteiger partial charge in [-0.1, -0.05) is 47.5 Å². The summed E-state index contributed by atoms with van der Waals surface area (Å²) in [4.78, 5) is 12.7. The van der Waals surface area contributed by atoms with E-state index in [1.165, 1.54) is 6.08 Å². The first-order valence-electron chi connectivity index (χ1n) is 10.00. The number of carbonyl (C=O) groups is 1. The SMILES string of the molecule is C=CCc1cc(/C=C(/C#N)C(=O)Nc2cccc(Cl)c2Cl)cc(Br)c1OCc1ccc(I)cc1. The summed E-state index contributed by atoms with van der Waals surface area (Å²) in [6.45, 7) is 4.23. The lowest BCUT2D eigenvalue weighted by molar-refractivity contribution is -0.112. The molecule has 8 heteroatoms. The molecule has 3 aromatic carbocycles. The Kier molecular flexibility index (Phi) is 9.60. The molecule has 0 heterocycles. The Balaban J connectivity index is 1.86. The van der Waals surface area contributed by atoms with Crippen molar-refractivity contribution < 1.29 is 9.53 Å². The monoisotopic (exact) mass is 666 g/mol. The van der Waals surface area contributed by atoms with Crippen LogP contribution in [0.2, 0.25) is 10.0 Å². The molecule has 0 fully saturated rings. The summed E-state index contributed by atoms with van der Waals surface area (Å²) >= 11 is 18.0. The second-order valence-electron chi connectivity index (χ2n) is 7.12. The van der Waals surface area contributed by atoms with Gasteiger partial charge in [0.05, 0.1) is 20.2 Å². The van der Waals surface area contributed by atoms with Crippen LogP contribution in [0.3, 0.4) is 0 Å². The number of rotatable bonds is 8. The highest BCUT2D eigenvalue weighted by Gasteiger charge is 2.15. The van der Waals surface area contributed by atoms with E-state index in [9.17, 15) is 10.1 Å². The molecule has 34 heavy (non-hydrogen) atoms. The third kappa shape index (κ3) is 6.86. The van der Waals surface area contributed by atoms with Crippen molar-refractivity contribution in [2.24, 2.45) is 0 Å². The van der Waals surface area contributed by atoms with Crippen LogP contribution in [0.25, 0.3) is 6.08 Å². The van der Waals surface area contributed by atoms with Crippen LogP contribution < -0.4 is 10.1 Å². The molecule has 0 saturated carbocycles. The number of anilines is 1. The highest BCUT2D eigenvalue weighted by Crippen LogP contribution is 2.34. The zero-order valence-corrected chi connectivity index (χ0v) is 23.0. The molecule has 0 bridgehead atoms. The molecule has 0 aliphatic heterocycles. The molecule has 0 radical (unpaired) electrons. The number of nitriles is 1. The standard InChI is InChI=1S/C26H18BrCl2IN2O2/c1-2-4-18-11-17(13-21(27)25(18)34-15-16-7-9-20(30)10-8-16)12-19(14-31)26(33)32-23-6-3-5-22(28)24(23)29/h2-3,5-13H,1,4,15H2,(H,32,33)/b19-12-. The minimum absolute atomic E-state index is 0.0833. The molecule has 1 N–H and O–H groups in total. The number of allylic oxidation sites excluding steroid dienone is 1. The van der Waals surface area contributed by atoms with Crippen LogP contribution in [-0.4, -0.2) is 5.91 Å². The zero-order valence-electron chi connectivity index (χ0n) is 17.7. The highest BCUT2D eigenvalue weighted by molar-refractivity contribution is 14.1. The van der Waals surface area contributed by atoms with Crippen molar-refractivity contribution in [3.8, 4) is 11.8 Å². The molecule has 0 aromatic heterocycles. The van der Waals surface area contributed by atoms with Gasteiger partial charge in [0, 0.05) is 3.57 Å². The summed E-state index contributed by atoms with van der Waals surface area (Å²) in [5.41, 5.74) is 2.82.